The quantitative estimate of drug-likeness (QED) is 0.825. The molecule has 1 atom stereocenters. The number of rotatable bonds is 4. The third kappa shape index (κ3) is 3.92. The Morgan fingerprint density at radius 3 is 3.11 bits per heavy atom. The van der Waals surface area contributed by atoms with Gasteiger partial charge in [-0.1, -0.05) is 6.92 Å². The summed E-state index contributed by atoms with van der Waals surface area (Å²) < 4.78 is 11.0. The summed E-state index contributed by atoms with van der Waals surface area (Å²) in [6, 6.07) is 3.69. The van der Waals surface area contributed by atoms with Gasteiger partial charge in [0.05, 0.1) is 18.9 Å². The monoisotopic (exact) mass is 264 g/mol. The van der Waals surface area contributed by atoms with Crippen molar-refractivity contribution in [3.63, 3.8) is 0 Å². The van der Waals surface area contributed by atoms with E-state index in [1.165, 1.54) is 0 Å². The van der Waals surface area contributed by atoms with Crippen LogP contribution in [-0.4, -0.2) is 48.2 Å². The van der Waals surface area contributed by atoms with Crippen LogP contribution in [0.25, 0.3) is 0 Å². The lowest BCUT2D eigenvalue weighted by Gasteiger charge is -2.32. The van der Waals surface area contributed by atoms with Gasteiger partial charge in [0.2, 0.25) is 0 Å². The summed E-state index contributed by atoms with van der Waals surface area (Å²) in [5.41, 5.74) is 0.928. The van der Waals surface area contributed by atoms with Crippen LogP contribution in [0.2, 0.25) is 0 Å². The van der Waals surface area contributed by atoms with Crippen LogP contribution in [-0.2, 0) is 9.53 Å². The Balaban J connectivity index is 1.82. The van der Waals surface area contributed by atoms with Crippen LogP contribution in [0.15, 0.2) is 18.3 Å². The van der Waals surface area contributed by atoms with Gasteiger partial charge in [-0.05, 0) is 25.5 Å². The van der Waals surface area contributed by atoms with E-state index in [4.69, 9.17) is 9.47 Å². The van der Waals surface area contributed by atoms with Crippen molar-refractivity contribution < 1.29 is 14.3 Å². The number of carbonyl (C=O) groups excluding carboxylic acids is 1. The number of carbonyl (C=O) groups is 1. The molecule has 19 heavy (non-hydrogen) atoms. The highest BCUT2D eigenvalue weighted by Crippen LogP contribution is 2.11. The van der Waals surface area contributed by atoms with Crippen LogP contribution >= 0.6 is 0 Å². The summed E-state index contributed by atoms with van der Waals surface area (Å²) >= 11 is 0. The molecule has 1 saturated heterocycles. The summed E-state index contributed by atoms with van der Waals surface area (Å²) in [6.07, 6.45) is 2.71. The molecule has 2 heterocycles. The van der Waals surface area contributed by atoms with Crippen molar-refractivity contribution >= 4 is 5.91 Å². The molecule has 1 aromatic heterocycles. The lowest BCUT2D eigenvalue weighted by molar-refractivity contribution is -0.141. The van der Waals surface area contributed by atoms with E-state index < -0.39 is 0 Å². The second kappa shape index (κ2) is 6.52. The molecule has 1 aliphatic heterocycles. The van der Waals surface area contributed by atoms with Crippen LogP contribution < -0.4 is 4.74 Å². The smallest absolute Gasteiger partial charge is 0.260 e. The standard InChI is InChI=1S/C14H20N2O3/c1-3-12-9-16(6-7-18-12)14(17)10-19-13-5-4-11(2)15-8-13/h4-5,8,12H,3,6-7,9-10H2,1-2H3. The second-order valence-electron chi connectivity index (χ2n) is 4.66. The minimum absolute atomic E-state index is 0.00215. The summed E-state index contributed by atoms with van der Waals surface area (Å²) in [5.74, 6) is 0.626. The molecular weight excluding hydrogens is 244 g/mol. The highest BCUT2D eigenvalue weighted by atomic mass is 16.5. The molecule has 1 aromatic rings. The number of amides is 1. The van der Waals surface area contributed by atoms with E-state index in [1.54, 1.807) is 11.1 Å². The zero-order valence-corrected chi connectivity index (χ0v) is 11.5. The Labute approximate surface area is 113 Å². The summed E-state index contributed by atoms with van der Waals surface area (Å²) in [5, 5.41) is 0. The van der Waals surface area contributed by atoms with Crippen molar-refractivity contribution in [2.24, 2.45) is 0 Å². The van der Waals surface area contributed by atoms with Gasteiger partial charge in [-0.15, -0.1) is 0 Å². The van der Waals surface area contributed by atoms with Gasteiger partial charge in [0.1, 0.15) is 5.75 Å². The first-order valence-corrected chi connectivity index (χ1v) is 6.64. The van der Waals surface area contributed by atoms with Crippen LogP contribution in [0.5, 0.6) is 5.75 Å². The molecule has 1 fully saturated rings. The molecule has 0 spiro atoms. The van der Waals surface area contributed by atoms with E-state index in [0.717, 1.165) is 12.1 Å². The molecule has 0 saturated carbocycles. The summed E-state index contributed by atoms with van der Waals surface area (Å²) in [6.45, 7) is 5.94. The normalized spacial score (nSPS) is 19.3. The third-order valence-corrected chi connectivity index (χ3v) is 3.19. The van der Waals surface area contributed by atoms with Crippen molar-refractivity contribution in [3.05, 3.63) is 24.0 Å². The van der Waals surface area contributed by atoms with Crippen LogP contribution in [0.1, 0.15) is 19.0 Å². The van der Waals surface area contributed by atoms with Crippen molar-refractivity contribution in [1.29, 1.82) is 0 Å². The Kier molecular flexibility index (Phi) is 4.74. The van der Waals surface area contributed by atoms with Gasteiger partial charge in [0.25, 0.3) is 5.91 Å². The number of aryl methyl sites for hydroxylation is 1. The zero-order valence-electron chi connectivity index (χ0n) is 11.5. The molecule has 0 N–H and O–H groups in total. The average Bonchev–Trinajstić information content (AvgIpc) is 2.46. The Morgan fingerprint density at radius 2 is 2.42 bits per heavy atom. The second-order valence-corrected chi connectivity index (χ2v) is 4.66. The fourth-order valence-corrected chi connectivity index (χ4v) is 1.97. The number of morpholine rings is 1. The first-order valence-electron chi connectivity index (χ1n) is 6.64. The molecule has 2 rings (SSSR count). The van der Waals surface area contributed by atoms with Gasteiger partial charge in [0.15, 0.2) is 6.61 Å². The lowest BCUT2D eigenvalue weighted by Crippen LogP contribution is -2.47. The van der Waals surface area contributed by atoms with E-state index in [1.807, 2.05) is 19.1 Å². The van der Waals surface area contributed by atoms with E-state index in [9.17, 15) is 4.79 Å². The van der Waals surface area contributed by atoms with E-state index in [-0.39, 0.29) is 18.6 Å². The summed E-state index contributed by atoms with van der Waals surface area (Å²) in [7, 11) is 0. The molecule has 0 aromatic carbocycles. The number of hydrogen-bond donors (Lipinski definition) is 0. The number of nitrogens with zero attached hydrogens (tertiary/aromatic N) is 2. The number of pyridine rings is 1. The molecule has 1 amide bonds. The Bertz CT molecular complexity index is 419. The maximum Gasteiger partial charge on any atom is 0.260 e. The predicted molar refractivity (Wildman–Crippen MR) is 71.1 cm³/mol. The molecule has 1 unspecified atom stereocenters. The Hall–Kier alpha value is -1.62. The van der Waals surface area contributed by atoms with Crippen LogP contribution in [0.3, 0.4) is 0 Å². The molecule has 1 aliphatic rings. The molecule has 0 aliphatic carbocycles. The highest BCUT2D eigenvalue weighted by Gasteiger charge is 2.23. The fourth-order valence-electron chi connectivity index (χ4n) is 1.97. The largest absolute Gasteiger partial charge is 0.482 e. The van der Waals surface area contributed by atoms with Crippen molar-refractivity contribution in [3.8, 4) is 5.75 Å². The van der Waals surface area contributed by atoms with Crippen LogP contribution in [0.4, 0.5) is 0 Å². The topological polar surface area (TPSA) is 51.7 Å². The van der Waals surface area contributed by atoms with Gasteiger partial charge >= 0.3 is 0 Å². The zero-order chi connectivity index (χ0) is 13.7. The van der Waals surface area contributed by atoms with E-state index in [0.29, 0.717) is 25.4 Å². The minimum Gasteiger partial charge on any atom is -0.482 e. The number of ether oxygens (including phenoxy) is 2. The van der Waals surface area contributed by atoms with Crippen molar-refractivity contribution in [2.75, 3.05) is 26.3 Å². The number of hydrogen-bond acceptors (Lipinski definition) is 4. The van der Waals surface area contributed by atoms with Gasteiger partial charge in [-0.3, -0.25) is 9.78 Å². The van der Waals surface area contributed by atoms with Gasteiger partial charge in [-0.2, -0.15) is 0 Å². The fraction of sp³-hybridized carbons (Fsp3) is 0.571. The van der Waals surface area contributed by atoms with Gasteiger partial charge in [-0.25, -0.2) is 0 Å². The maximum atomic E-state index is 12.0. The lowest BCUT2D eigenvalue weighted by atomic mass is 10.2. The molecule has 0 bridgehead atoms. The average molecular weight is 264 g/mol. The molecule has 0 radical (unpaired) electrons. The van der Waals surface area contributed by atoms with Crippen molar-refractivity contribution in [2.45, 2.75) is 26.4 Å². The summed E-state index contributed by atoms with van der Waals surface area (Å²) in [4.78, 5) is 18.0. The maximum absolute atomic E-state index is 12.0. The van der Waals surface area contributed by atoms with E-state index >= 15 is 0 Å². The predicted octanol–water partition coefficient (Wildman–Crippen LogP) is 1.41. The first-order chi connectivity index (χ1) is 9.19. The first kappa shape index (κ1) is 13.8. The number of aromatic nitrogens is 1. The molecular formula is C14H20N2O3. The van der Waals surface area contributed by atoms with E-state index in [2.05, 4.69) is 11.9 Å². The minimum atomic E-state index is 0.00215. The molecule has 104 valence electrons. The van der Waals surface area contributed by atoms with Crippen LogP contribution in [0, 0.1) is 6.92 Å². The Morgan fingerprint density at radius 1 is 1.58 bits per heavy atom. The SMILES string of the molecule is CCC1CN(C(=O)COc2ccc(C)nc2)CCO1. The molecule has 5 heteroatoms. The van der Waals surface area contributed by atoms with Crippen molar-refractivity contribution in [1.82, 2.24) is 9.88 Å². The highest BCUT2D eigenvalue weighted by molar-refractivity contribution is 5.77. The molecule has 5 nitrogen and oxygen atoms in total. The third-order valence-electron chi connectivity index (χ3n) is 3.19. The van der Waals surface area contributed by atoms with Gasteiger partial charge < -0.3 is 14.4 Å². The van der Waals surface area contributed by atoms with Gasteiger partial charge in [0, 0.05) is 18.8 Å².